The summed E-state index contributed by atoms with van der Waals surface area (Å²) >= 11 is 0. The number of amides is 2. The molecule has 2 aromatic rings. The molecular weight excluding hydrogens is 382 g/mol. The summed E-state index contributed by atoms with van der Waals surface area (Å²) in [4.78, 5) is 32.8. The highest BCUT2D eigenvalue weighted by Gasteiger charge is 2.54. The van der Waals surface area contributed by atoms with Gasteiger partial charge in [-0.1, -0.05) is 24.0 Å². The van der Waals surface area contributed by atoms with Crippen LogP contribution in [0.4, 0.5) is 0 Å². The standard InChI is InChI=1S/C23H23N3O4/c1-30-11-3-4-16-6-8-17(9-7-16)22-19-13-25(14-21(28)26(19)20(22)15-27)23(29)18-5-2-10-24-12-18/h2,5-10,12,19-20,22,27H,11,13-15H2,1H3/t19-,20+,22-/m1/s1. The van der Waals surface area contributed by atoms with E-state index in [-0.39, 0.29) is 43.0 Å². The highest BCUT2D eigenvalue weighted by Crippen LogP contribution is 2.43. The molecule has 154 valence electrons. The maximum atomic E-state index is 12.8. The van der Waals surface area contributed by atoms with Crippen LogP contribution in [0.1, 0.15) is 27.4 Å². The Morgan fingerprint density at radius 3 is 2.77 bits per heavy atom. The van der Waals surface area contributed by atoms with Crippen molar-refractivity contribution >= 4 is 11.8 Å². The number of methoxy groups -OCH3 is 1. The zero-order valence-electron chi connectivity index (χ0n) is 16.7. The summed E-state index contributed by atoms with van der Waals surface area (Å²) in [5.74, 6) is 5.57. The number of ether oxygens (including phenoxy) is 1. The summed E-state index contributed by atoms with van der Waals surface area (Å²) in [6.45, 7) is 0.702. The quantitative estimate of drug-likeness (QED) is 0.764. The van der Waals surface area contributed by atoms with Crippen molar-refractivity contribution in [3.8, 4) is 11.8 Å². The lowest BCUT2D eigenvalue weighted by Gasteiger charge is -2.58. The molecule has 2 fully saturated rings. The summed E-state index contributed by atoms with van der Waals surface area (Å²) in [5, 5.41) is 9.91. The number of hydrogen-bond donors (Lipinski definition) is 1. The van der Waals surface area contributed by atoms with Crippen molar-refractivity contribution < 1.29 is 19.4 Å². The Labute approximate surface area is 175 Å². The normalized spacial score (nSPS) is 22.6. The minimum atomic E-state index is -0.274. The molecule has 2 aliphatic heterocycles. The smallest absolute Gasteiger partial charge is 0.255 e. The molecule has 0 spiro atoms. The van der Waals surface area contributed by atoms with Gasteiger partial charge in [0.2, 0.25) is 5.91 Å². The van der Waals surface area contributed by atoms with Crippen LogP contribution in [-0.4, -0.2) is 77.2 Å². The molecule has 1 N–H and O–H groups in total. The number of fused-ring (bicyclic) bond motifs is 1. The number of hydrogen-bond acceptors (Lipinski definition) is 5. The summed E-state index contributed by atoms with van der Waals surface area (Å²) in [6, 6.07) is 10.8. The Morgan fingerprint density at radius 2 is 2.10 bits per heavy atom. The van der Waals surface area contributed by atoms with Crippen molar-refractivity contribution in [1.29, 1.82) is 0 Å². The number of piperazine rings is 1. The summed E-state index contributed by atoms with van der Waals surface area (Å²) in [7, 11) is 1.60. The first-order valence-electron chi connectivity index (χ1n) is 9.83. The van der Waals surface area contributed by atoms with E-state index in [2.05, 4.69) is 16.8 Å². The molecule has 0 unspecified atom stereocenters. The molecule has 3 atom stereocenters. The van der Waals surface area contributed by atoms with Crippen LogP contribution in [0, 0.1) is 11.8 Å². The number of carbonyl (C=O) groups excluding carboxylic acids is 2. The third-order valence-electron chi connectivity index (χ3n) is 5.69. The lowest BCUT2D eigenvalue weighted by Crippen LogP contribution is -2.73. The third kappa shape index (κ3) is 3.67. The van der Waals surface area contributed by atoms with Gasteiger partial charge in [0, 0.05) is 37.5 Å². The number of carbonyl (C=O) groups is 2. The molecule has 0 aliphatic carbocycles. The van der Waals surface area contributed by atoms with Crippen LogP contribution >= 0.6 is 0 Å². The molecule has 7 nitrogen and oxygen atoms in total. The van der Waals surface area contributed by atoms with Crippen LogP contribution < -0.4 is 0 Å². The molecular formula is C23H23N3O4. The summed E-state index contributed by atoms with van der Waals surface area (Å²) in [5.41, 5.74) is 2.36. The number of aliphatic hydroxyl groups excluding tert-OH is 1. The van der Waals surface area contributed by atoms with Crippen LogP contribution in [0.2, 0.25) is 0 Å². The second kappa shape index (κ2) is 8.66. The minimum absolute atomic E-state index is 0.0154. The fourth-order valence-corrected chi connectivity index (χ4v) is 4.33. The topological polar surface area (TPSA) is 83.0 Å². The SMILES string of the molecule is COCC#Cc1ccc([C@@H]2[C@H]3CN(C(=O)c4cccnc4)CC(=O)N3[C@H]2CO)cc1. The highest BCUT2D eigenvalue weighted by atomic mass is 16.5. The Hall–Kier alpha value is -3.21. The zero-order chi connectivity index (χ0) is 21.1. The van der Waals surface area contributed by atoms with Crippen molar-refractivity contribution in [2.24, 2.45) is 0 Å². The van der Waals surface area contributed by atoms with Gasteiger partial charge in [-0.15, -0.1) is 0 Å². The number of nitrogens with zero attached hydrogens (tertiary/aromatic N) is 3. The zero-order valence-corrected chi connectivity index (χ0v) is 16.7. The largest absolute Gasteiger partial charge is 0.394 e. The Morgan fingerprint density at radius 1 is 1.30 bits per heavy atom. The number of aromatic nitrogens is 1. The third-order valence-corrected chi connectivity index (χ3v) is 5.69. The molecule has 3 heterocycles. The van der Waals surface area contributed by atoms with E-state index in [1.807, 2.05) is 24.3 Å². The average molecular weight is 405 g/mol. The van der Waals surface area contributed by atoms with Crippen molar-refractivity contribution in [3.63, 3.8) is 0 Å². The van der Waals surface area contributed by atoms with E-state index < -0.39 is 0 Å². The maximum Gasteiger partial charge on any atom is 0.255 e. The van der Waals surface area contributed by atoms with E-state index in [1.165, 1.54) is 6.20 Å². The molecule has 2 aliphatic rings. The van der Waals surface area contributed by atoms with Crippen molar-refractivity contribution in [2.45, 2.75) is 18.0 Å². The molecule has 2 amide bonds. The van der Waals surface area contributed by atoms with Gasteiger partial charge in [0.25, 0.3) is 5.91 Å². The van der Waals surface area contributed by atoms with Gasteiger partial charge in [-0.2, -0.15) is 0 Å². The van der Waals surface area contributed by atoms with E-state index in [1.54, 1.807) is 35.2 Å². The lowest BCUT2D eigenvalue weighted by atomic mass is 9.73. The van der Waals surface area contributed by atoms with Crippen molar-refractivity contribution in [3.05, 3.63) is 65.5 Å². The fourth-order valence-electron chi connectivity index (χ4n) is 4.33. The molecule has 0 radical (unpaired) electrons. The van der Waals surface area contributed by atoms with Crippen molar-refractivity contribution in [1.82, 2.24) is 14.8 Å². The molecule has 0 bridgehead atoms. The van der Waals surface area contributed by atoms with Crippen LogP contribution in [-0.2, 0) is 9.53 Å². The Bertz CT molecular complexity index is 981. The number of rotatable bonds is 4. The Kier molecular flexibility index (Phi) is 5.79. The van der Waals surface area contributed by atoms with Gasteiger partial charge in [-0.05, 0) is 29.8 Å². The molecule has 1 aromatic carbocycles. The average Bonchev–Trinajstić information content (AvgIpc) is 2.76. The van der Waals surface area contributed by atoms with Crippen LogP contribution in [0.15, 0.2) is 48.8 Å². The van der Waals surface area contributed by atoms with Crippen LogP contribution in [0.5, 0.6) is 0 Å². The molecule has 1 aromatic heterocycles. The molecule has 2 saturated heterocycles. The number of benzene rings is 1. The molecule has 4 rings (SSSR count). The second-order valence-electron chi connectivity index (χ2n) is 7.43. The first-order valence-corrected chi connectivity index (χ1v) is 9.83. The summed E-state index contributed by atoms with van der Waals surface area (Å²) < 4.78 is 4.94. The molecule has 0 saturated carbocycles. The first kappa shape index (κ1) is 20.1. The lowest BCUT2D eigenvalue weighted by molar-refractivity contribution is -0.159. The minimum Gasteiger partial charge on any atom is -0.394 e. The fraction of sp³-hybridized carbons (Fsp3) is 0.348. The van der Waals surface area contributed by atoms with Gasteiger partial charge >= 0.3 is 0 Å². The van der Waals surface area contributed by atoms with Crippen LogP contribution in [0.25, 0.3) is 0 Å². The van der Waals surface area contributed by atoms with Gasteiger partial charge in [-0.25, -0.2) is 0 Å². The van der Waals surface area contributed by atoms with Gasteiger partial charge in [-0.3, -0.25) is 14.6 Å². The summed E-state index contributed by atoms with van der Waals surface area (Å²) in [6.07, 6.45) is 3.12. The second-order valence-corrected chi connectivity index (χ2v) is 7.43. The molecule has 7 heteroatoms. The van der Waals surface area contributed by atoms with Gasteiger partial charge in [0.1, 0.15) is 13.2 Å². The number of aliphatic hydroxyl groups is 1. The molecule has 30 heavy (non-hydrogen) atoms. The van der Waals surface area contributed by atoms with E-state index in [0.29, 0.717) is 18.7 Å². The predicted octanol–water partition coefficient (Wildman–Crippen LogP) is 0.891. The highest BCUT2D eigenvalue weighted by molar-refractivity contribution is 5.97. The van der Waals surface area contributed by atoms with Gasteiger partial charge in [0.05, 0.1) is 24.3 Å². The first-order chi connectivity index (χ1) is 14.6. The number of pyridine rings is 1. The maximum absolute atomic E-state index is 12.8. The van der Waals surface area contributed by atoms with Crippen molar-refractivity contribution in [2.75, 3.05) is 33.4 Å². The predicted molar refractivity (Wildman–Crippen MR) is 110 cm³/mol. The monoisotopic (exact) mass is 405 g/mol. The van der Waals surface area contributed by atoms with E-state index in [9.17, 15) is 14.7 Å². The van der Waals surface area contributed by atoms with E-state index in [4.69, 9.17) is 4.74 Å². The van der Waals surface area contributed by atoms with Crippen LogP contribution in [0.3, 0.4) is 0 Å². The van der Waals surface area contributed by atoms with Gasteiger partial charge < -0.3 is 19.6 Å². The van der Waals surface area contributed by atoms with Gasteiger partial charge in [0.15, 0.2) is 0 Å². The van der Waals surface area contributed by atoms with E-state index >= 15 is 0 Å². The Balaban J connectivity index is 1.54. The van der Waals surface area contributed by atoms with E-state index in [0.717, 1.165) is 11.1 Å².